The molecule has 0 atom stereocenters. The number of nitrogens with zero attached hydrogens (tertiary/aromatic N) is 1. The lowest BCUT2D eigenvalue weighted by Gasteiger charge is -2.04. The van der Waals surface area contributed by atoms with E-state index in [-0.39, 0.29) is 5.91 Å². The predicted octanol–water partition coefficient (Wildman–Crippen LogP) is 3.96. The largest absolute Gasteiger partial charge is 0.306 e. The molecular formula is C15H18N2OS. The molecule has 2 rings (SSSR count). The first-order valence-corrected chi connectivity index (χ1v) is 7.25. The molecule has 0 saturated carbocycles. The topological polar surface area (TPSA) is 42.0 Å². The van der Waals surface area contributed by atoms with Crippen LogP contribution in [0.5, 0.6) is 0 Å². The van der Waals surface area contributed by atoms with Crippen LogP contribution in [0.1, 0.15) is 39.0 Å². The molecule has 1 amide bonds. The number of aromatic nitrogens is 1. The van der Waals surface area contributed by atoms with Gasteiger partial charge in [0.2, 0.25) is 0 Å². The normalized spacial score (nSPS) is 10.5. The number of thiophene rings is 1. The standard InChI is InChI=1S/C15H18N2OS/c1-4-6-12-9-13(19-11(12)3)15(18)17-14-10(2)7-5-8-16-14/h5,7-9H,4,6H2,1-3H3,(H,16,17,18). The van der Waals surface area contributed by atoms with Crippen LogP contribution in [-0.2, 0) is 6.42 Å². The average Bonchev–Trinajstić information content (AvgIpc) is 2.75. The van der Waals surface area contributed by atoms with Crippen LogP contribution in [0.4, 0.5) is 5.82 Å². The molecule has 2 heterocycles. The lowest BCUT2D eigenvalue weighted by atomic mass is 10.1. The Bertz CT molecular complexity index is 590. The zero-order valence-electron chi connectivity index (χ0n) is 11.5. The third kappa shape index (κ3) is 3.20. The van der Waals surface area contributed by atoms with Crippen LogP contribution in [0.3, 0.4) is 0 Å². The lowest BCUT2D eigenvalue weighted by Crippen LogP contribution is -2.12. The molecule has 19 heavy (non-hydrogen) atoms. The van der Waals surface area contributed by atoms with Gasteiger partial charge in [0, 0.05) is 11.1 Å². The van der Waals surface area contributed by atoms with Crippen LogP contribution in [0, 0.1) is 13.8 Å². The molecule has 0 aromatic carbocycles. The summed E-state index contributed by atoms with van der Waals surface area (Å²) in [4.78, 5) is 18.4. The van der Waals surface area contributed by atoms with Crippen LogP contribution < -0.4 is 5.32 Å². The molecule has 0 aliphatic rings. The molecule has 0 radical (unpaired) electrons. The molecule has 0 unspecified atom stereocenters. The maximum Gasteiger partial charge on any atom is 0.266 e. The van der Waals surface area contributed by atoms with E-state index < -0.39 is 0 Å². The van der Waals surface area contributed by atoms with Crippen LogP contribution in [-0.4, -0.2) is 10.9 Å². The van der Waals surface area contributed by atoms with Gasteiger partial charge in [-0.15, -0.1) is 11.3 Å². The molecule has 0 aliphatic heterocycles. The average molecular weight is 274 g/mol. The number of hydrogen-bond donors (Lipinski definition) is 1. The molecule has 100 valence electrons. The fraction of sp³-hybridized carbons (Fsp3) is 0.333. The Morgan fingerprint density at radius 1 is 1.42 bits per heavy atom. The zero-order valence-corrected chi connectivity index (χ0v) is 12.3. The molecule has 1 N–H and O–H groups in total. The van der Waals surface area contributed by atoms with Gasteiger partial charge in [0.1, 0.15) is 5.82 Å². The monoisotopic (exact) mass is 274 g/mol. The molecule has 3 nitrogen and oxygen atoms in total. The Morgan fingerprint density at radius 3 is 2.89 bits per heavy atom. The van der Waals surface area contributed by atoms with Crippen molar-refractivity contribution in [3.8, 4) is 0 Å². The van der Waals surface area contributed by atoms with Crippen LogP contribution in [0.25, 0.3) is 0 Å². The maximum absolute atomic E-state index is 12.2. The van der Waals surface area contributed by atoms with E-state index in [0.717, 1.165) is 23.3 Å². The smallest absolute Gasteiger partial charge is 0.266 e. The Kier molecular flexibility index (Phi) is 4.32. The molecule has 2 aromatic heterocycles. The highest BCUT2D eigenvalue weighted by molar-refractivity contribution is 7.14. The highest BCUT2D eigenvalue weighted by atomic mass is 32.1. The maximum atomic E-state index is 12.2. The minimum absolute atomic E-state index is 0.0720. The number of hydrogen-bond acceptors (Lipinski definition) is 3. The van der Waals surface area contributed by atoms with Gasteiger partial charge >= 0.3 is 0 Å². The van der Waals surface area contributed by atoms with Crippen LogP contribution in [0.2, 0.25) is 0 Å². The first-order chi connectivity index (χ1) is 9.11. The van der Waals surface area contributed by atoms with Gasteiger partial charge in [-0.2, -0.15) is 0 Å². The first-order valence-electron chi connectivity index (χ1n) is 6.44. The number of pyridine rings is 1. The minimum Gasteiger partial charge on any atom is -0.306 e. The predicted molar refractivity (Wildman–Crippen MR) is 80.0 cm³/mol. The van der Waals surface area contributed by atoms with Crippen molar-refractivity contribution < 1.29 is 4.79 Å². The molecule has 2 aromatic rings. The Labute approximate surface area is 117 Å². The highest BCUT2D eigenvalue weighted by Crippen LogP contribution is 2.24. The summed E-state index contributed by atoms with van der Waals surface area (Å²) < 4.78 is 0. The van der Waals surface area contributed by atoms with Gasteiger partial charge in [0.05, 0.1) is 4.88 Å². The van der Waals surface area contributed by atoms with Crippen LogP contribution in [0.15, 0.2) is 24.4 Å². The Morgan fingerprint density at radius 2 is 2.21 bits per heavy atom. The third-order valence-corrected chi connectivity index (χ3v) is 4.10. The Hall–Kier alpha value is -1.68. The molecule has 0 aliphatic carbocycles. The van der Waals surface area contributed by atoms with E-state index in [4.69, 9.17) is 0 Å². The molecular weight excluding hydrogens is 256 g/mol. The molecule has 0 saturated heterocycles. The lowest BCUT2D eigenvalue weighted by molar-refractivity contribution is 0.103. The number of amides is 1. The van der Waals surface area contributed by atoms with Gasteiger partial charge < -0.3 is 5.32 Å². The summed E-state index contributed by atoms with van der Waals surface area (Å²) in [6, 6.07) is 5.79. The number of carbonyl (C=O) groups excluding carboxylic acids is 1. The van der Waals surface area contributed by atoms with Crippen molar-refractivity contribution in [2.75, 3.05) is 5.32 Å². The quantitative estimate of drug-likeness (QED) is 0.916. The first kappa shape index (κ1) is 13.7. The summed E-state index contributed by atoms with van der Waals surface area (Å²) in [6.07, 6.45) is 3.81. The third-order valence-electron chi connectivity index (χ3n) is 3.01. The van der Waals surface area contributed by atoms with Gasteiger partial charge in [0.15, 0.2) is 0 Å². The second-order valence-electron chi connectivity index (χ2n) is 4.57. The molecule has 0 fully saturated rings. The van der Waals surface area contributed by atoms with Crippen molar-refractivity contribution in [2.24, 2.45) is 0 Å². The summed E-state index contributed by atoms with van der Waals surface area (Å²) >= 11 is 1.55. The fourth-order valence-electron chi connectivity index (χ4n) is 1.93. The SMILES string of the molecule is CCCc1cc(C(=O)Nc2ncccc2C)sc1C. The minimum atomic E-state index is -0.0720. The zero-order chi connectivity index (χ0) is 13.8. The molecule has 4 heteroatoms. The second kappa shape index (κ2) is 5.97. The summed E-state index contributed by atoms with van der Waals surface area (Å²) in [7, 11) is 0. The van der Waals surface area contributed by atoms with Gasteiger partial charge in [-0.1, -0.05) is 19.4 Å². The highest BCUT2D eigenvalue weighted by Gasteiger charge is 2.13. The van der Waals surface area contributed by atoms with E-state index in [1.54, 1.807) is 17.5 Å². The van der Waals surface area contributed by atoms with Crippen LogP contribution >= 0.6 is 11.3 Å². The summed E-state index contributed by atoms with van der Waals surface area (Å²) in [5.74, 6) is 0.563. The summed E-state index contributed by atoms with van der Waals surface area (Å²) in [5.41, 5.74) is 2.24. The van der Waals surface area contributed by atoms with Gasteiger partial charge in [-0.05, 0) is 43.5 Å². The van der Waals surface area contributed by atoms with E-state index in [1.807, 2.05) is 25.1 Å². The van der Waals surface area contributed by atoms with Crippen molar-refractivity contribution in [1.29, 1.82) is 0 Å². The Balaban J connectivity index is 2.16. The van der Waals surface area contributed by atoms with E-state index >= 15 is 0 Å². The van der Waals surface area contributed by atoms with Gasteiger partial charge in [-0.3, -0.25) is 4.79 Å². The molecule has 0 spiro atoms. The number of rotatable bonds is 4. The molecule has 0 bridgehead atoms. The van der Waals surface area contributed by atoms with Crippen molar-refractivity contribution in [3.05, 3.63) is 45.3 Å². The number of carbonyl (C=O) groups is 1. The van der Waals surface area contributed by atoms with Crippen molar-refractivity contribution in [1.82, 2.24) is 4.98 Å². The van der Waals surface area contributed by atoms with E-state index in [9.17, 15) is 4.79 Å². The van der Waals surface area contributed by atoms with Gasteiger partial charge in [-0.25, -0.2) is 4.98 Å². The van der Waals surface area contributed by atoms with Crippen molar-refractivity contribution >= 4 is 23.1 Å². The fourth-order valence-corrected chi connectivity index (χ4v) is 2.90. The van der Waals surface area contributed by atoms with E-state index in [0.29, 0.717) is 5.82 Å². The van der Waals surface area contributed by atoms with Gasteiger partial charge in [0.25, 0.3) is 5.91 Å². The van der Waals surface area contributed by atoms with Crippen molar-refractivity contribution in [3.63, 3.8) is 0 Å². The number of aryl methyl sites for hydroxylation is 3. The van der Waals surface area contributed by atoms with E-state index in [2.05, 4.69) is 24.1 Å². The van der Waals surface area contributed by atoms with Crippen molar-refractivity contribution in [2.45, 2.75) is 33.6 Å². The van der Waals surface area contributed by atoms with E-state index in [1.165, 1.54) is 10.4 Å². The number of nitrogens with one attached hydrogen (secondary N) is 1. The number of anilines is 1. The summed E-state index contributed by atoms with van der Waals surface area (Å²) in [6.45, 7) is 6.15. The second-order valence-corrected chi connectivity index (χ2v) is 5.82. The summed E-state index contributed by atoms with van der Waals surface area (Å²) in [5, 5.41) is 2.87.